The predicted octanol–water partition coefficient (Wildman–Crippen LogP) is 2.19. The fourth-order valence-electron chi connectivity index (χ4n) is 1.04. The number of aryl methyl sites for hydroxylation is 1. The predicted molar refractivity (Wildman–Crippen MR) is 55.1 cm³/mol. The van der Waals surface area contributed by atoms with E-state index in [1.807, 2.05) is 6.07 Å². The molecule has 0 aliphatic rings. The lowest BCUT2D eigenvalue weighted by Gasteiger charge is -2.00. The van der Waals surface area contributed by atoms with Crippen LogP contribution in [0.25, 0.3) is 0 Å². The monoisotopic (exact) mass is 214 g/mol. The van der Waals surface area contributed by atoms with Gasteiger partial charge >= 0.3 is 5.97 Å². The first-order chi connectivity index (χ1) is 6.68. The van der Waals surface area contributed by atoms with Gasteiger partial charge in [0.25, 0.3) is 0 Å². The maximum atomic E-state index is 12.7. The molecule has 0 bridgehead atoms. The van der Waals surface area contributed by atoms with Gasteiger partial charge in [0.1, 0.15) is 5.82 Å². The molecule has 0 heterocycles. The van der Waals surface area contributed by atoms with Crippen LogP contribution in [0.2, 0.25) is 0 Å². The van der Waals surface area contributed by atoms with Crippen molar-refractivity contribution in [1.82, 2.24) is 0 Å². The minimum absolute atomic E-state index is 0.106. The third-order valence-corrected chi connectivity index (χ3v) is 2.59. The van der Waals surface area contributed by atoms with Gasteiger partial charge in [-0.15, -0.1) is 11.8 Å². The molecule has 1 rings (SSSR count). The summed E-state index contributed by atoms with van der Waals surface area (Å²) in [6.07, 6.45) is 0.704. The molecular weight excluding hydrogens is 203 g/mol. The Bertz CT molecular complexity index is 315. The molecule has 0 aliphatic heterocycles. The summed E-state index contributed by atoms with van der Waals surface area (Å²) in [6, 6.07) is 6.37. The van der Waals surface area contributed by atoms with Gasteiger partial charge in [0, 0.05) is 0 Å². The van der Waals surface area contributed by atoms with Crippen LogP contribution < -0.4 is 0 Å². The number of aliphatic carboxylic acids is 1. The summed E-state index contributed by atoms with van der Waals surface area (Å²) in [5, 5.41) is 8.37. The zero-order valence-corrected chi connectivity index (χ0v) is 8.39. The SMILES string of the molecule is O=C(O)CSCCc1cccc(F)c1. The lowest BCUT2D eigenvalue weighted by molar-refractivity contribution is -0.133. The Morgan fingerprint density at radius 2 is 2.29 bits per heavy atom. The summed E-state index contributed by atoms with van der Waals surface area (Å²) in [4.78, 5) is 10.2. The summed E-state index contributed by atoms with van der Waals surface area (Å²) in [5.41, 5.74) is 0.905. The Kier molecular flexibility index (Phi) is 4.46. The number of benzene rings is 1. The van der Waals surface area contributed by atoms with Crippen molar-refractivity contribution in [3.05, 3.63) is 35.6 Å². The number of carboxylic acid groups (broad SMARTS) is 1. The highest BCUT2D eigenvalue weighted by Crippen LogP contribution is 2.08. The zero-order valence-electron chi connectivity index (χ0n) is 7.57. The highest BCUT2D eigenvalue weighted by atomic mass is 32.2. The van der Waals surface area contributed by atoms with Crippen LogP contribution in [0.1, 0.15) is 5.56 Å². The topological polar surface area (TPSA) is 37.3 Å². The van der Waals surface area contributed by atoms with E-state index < -0.39 is 5.97 Å². The minimum atomic E-state index is -0.811. The fourth-order valence-corrected chi connectivity index (χ4v) is 1.74. The molecule has 0 unspecified atom stereocenters. The van der Waals surface area contributed by atoms with Crippen molar-refractivity contribution in [2.75, 3.05) is 11.5 Å². The minimum Gasteiger partial charge on any atom is -0.481 e. The van der Waals surface area contributed by atoms with E-state index in [4.69, 9.17) is 5.11 Å². The average Bonchev–Trinajstić information content (AvgIpc) is 2.12. The molecule has 0 saturated heterocycles. The molecule has 1 aromatic rings. The van der Waals surface area contributed by atoms with Crippen molar-refractivity contribution in [3.63, 3.8) is 0 Å². The van der Waals surface area contributed by atoms with Crippen LogP contribution in [-0.4, -0.2) is 22.6 Å². The van der Waals surface area contributed by atoms with Crippen LogP contribution in [-0.2, 0) is 11.2 Å². The van der Waals surface area contributed by atoms with Crippen LogP contribution in [0.3, 0.4) is 0 Å². The molecule has 0 amide bonds. The lowest BCUT2D eigenvalue weighted by atomic mass is 10.2. The highest BCUT2D eigenvalue weighted by molar-refractivity contribution is 7.99. The van der Waals surface area contributed by atoms with E-state index in [1.54, 1.807) is 6.07 Å². The summed E-state index contributed by atoms with van der Waals surface area (Å²) >= 11 is 1.34. The number of halogens is 1. The molecular formula is C10H11FO2S. The number of hydrogen-bond donors (Lipinski definition) is 1. The first-order valence-corrected chi connectivity index (χ1v) is 5.38. The van der Waals surface area contributed by atoms with Gasteiger partial charge < -0.3 is 5.11 Å². The summed E-state index contributed by atoms with van der Waals surface area (Å²) in [5.74, 6) is -0.245. The molecule has 14 heavy (non-hydrogen) atoms. The van der Waals surface area contributed by atoms with Crippen molar-refractivity contribution in [3.8, 4) is 0 Å². The molecule has 0 spiro atoms. The van der Waals surface area contributed by atoms with Gasteiger partial charge in [0.05, 0.1) is 5.75 Å². The molecule has 0 saturated carbocycles. The highest BCUT2D eigenvalue weighted by Gasteiger charge is 1.98. The Morgan fingerprint density at radius 1 is 1.50 bits per heavy atom. The smallest absolute Gasteiger partial charge is 0.313 e. The van der Waals surface area contributed by atoms with Gasteiger partial charge in [0.2, 0.25) is 0 Å². The molecule has 0 atom stereocenters. The molecule has 0 aromatic heterocycles. The maximum absolute atomic E-state index is 12.7. The second kappa shape index (κ2) is 5.65. The Labute approximate surface area is 86.1 Å². The van der Waals surface area contributed by atoms with E-state index in [0.29, 0.717) is 12.2 Å². The normalized spacial score (nSPS) is 10.1. The largest absolute Gasteiger partial charge is 0.481 e. The van der Waals surface area contributed by atoms with Crippen molar-refractivity contribution < 1.29 is 14.3 Å². The molecule has 1 N–H and O–H groups in total. The Balaban J connectivity index is 2.28. The number of carbonyl (C=O) groups is 1. The first-order valence-electron chi connectivity index (χ1n) is 4.22. The van der Waals surface area contributed by atoms with Crippen LogP contribution in [0.15, 0.2) is 24.3 Å². The molecule has 0 radical (unpaired) electrons. The fraction of sp³-hybridized carbons (Fsp3) is 0.300. The number of thioether (sulfide) groups is 1. The molecule has 2 nitrogen and oxygen atoms in total. The second-order valence-electron chi connectivity index (χ2n) is 2.83. The first kappa shape index (κ1) is 11.0. The van der Waals surface area contributed by atoms with Gasteiger partial charge in [-0.3, -0.25) is 4.79 Å². The van der Waals surface area contributed by atoms with E-state index in [1.165, 1.54) is 23.9 Å². The van der Waals surface area contributed by atoms with E-state index >= 15 is 0 Å². The standard InChI is InChI=1S/C10H11FO2S/c11-9-3-1-2-8(6-9)4-5-14-7-10(12)13/h1-3,6H,4-5,7H2,(H,12,13). The molecule has 0 aliphatic carbocycles. The van der Waals surface area contributed by atoms with Crippen molar-refractivity contribution in [1.29, 1.82) is 0 Å². The number of carboxylic acids is 1. The molecule has 4 heteroatoms. The summed E-state index contributed by atoms with van der Waals surface area (Å²) < 4.78 is 12.7. The third-order valence-electron chi connectivity index (χ3n) is 1.65. The zero-order chi connectivity index (χ0) is 10.4. The molecule has 76 valence electrons. The average molecular weight is 214 g/mol. The van der Waals surface area contributed by atoms with Crippen molar-refractivity contribution >= 4 is 17.7 Å². The molecule has 0 fully saturated rings. The van der Waals surface area contributed by atoms with Crippen molar-refractivity contribution in [2.45, 2.75) is 6.42 Å². The maximum Gasteiger partial charge on any atom is 0.313 e. The van der Waals surface area contributed by atoms with Crippen LogP contribution in [0.4, 0.5) is 4.39 Å². The van der Waals surface area contributed by atoms with Gasteiger partial charge in [-0.2, -0.15) is 0 Å². The number of hydrogen-bond acceptors (Lipinski definition) is 2. The number of rotatable bonds is 5. The summed E-state index contributed by atoms with van der Waals surface area (Å²) in [6.45, 7) is 0. The Hall–Kier alpha value is -1.03. The van der Waals surface area contributed by atoms with Crippen LogP contribution >= 0.6 is 11.8 Å². The van der Waals surface area contributed by atoms with E-state index in [0.717, 1.165) is 5.56 Å². The lowest BCUT2D eigenvalue weighted by Crippen LogP contribution is -2.00. The van der Waals surface area contributed by atoms with Gasteiger partial charge in [-0.05, 0) is 29.9 Å². The van der Waals surface area contributed by atoms with E-state index in [9.17, 15) is 9.18 Å². The Morgan fingerprint density at radius 3 is 2.93 bits per heavy atom. The van der Waals surface area contributed by atoms with Crippen molar-refractivity contribution in [2.24, 2.45) is 0 Å². The summed E-state index contributed by atoms with van der Waals surface area (Å²) in [7, 11) is 0. The van der Waals surface area contributed by atoms with Gasteiger partial charge in [-0.1, -0.05) is 12.1 Å². The molecule has 1 aromatic carbocycles. The van der Waals surface area contributed by atoms with E-state index in [-0.39, 0.29) is 11.6 Å². The van der Waals surface area contributed by atoms with Crippen LogP contribution in [0.5, 0.6) is 0 Å². The van der Waals surface area contributed by atoms with Crippen LogP contribution in [0, 0.1) is 5.82 Å². The second-order valence-corrected chi connectivity index (χ2v) is 3.93. The van der Waals surface area contributed by atoms with E-state index in [2.05, 4.69) is 0 Å². The third kappa shape index (κ3) is 4.28. The van der Waals surface area contributed by atoms with Gasteiger partial charge in [-0.25, -0.2) is 4.39 Å². The quantitative estimate of drug-likeness (QED) is 0.763. The van der Waals surface area contributed by atoms with Gasteiger partial charge in [0.15, 0.2) is 0 Å².